The van der Waals surface area contributed by atoms with Gasteiger partial charge in [-0.05, 0) is 36.3 Å². The van der Waals surface area contributed by atoms with E-state index in [1.54, 1.807) is 13.0 Å². The number of hydrogen-bond acceptors (Lipinski definition) is 1. The third-order valence-electron chi connectivity index (χ3n) is 1.53. The van der Waals surface area contributed by atoms with E-state index >= 15 is 0 Å². The third kappa shape index (κ3) is 2.67. The quantitative estimate of drug-likeness (QED) is 0.527. The minimum absolute atomic E-state index is 0.307. The molecule has 0 bridgehead atoms. The van der Waals surface area contributed by atoms with Crippen molar-refractivity contribution in [1.82, 2.24) is 0 Å². The second-order valence-corrected chi connectivity index (χ2v) is 3.08. The molecule has 0 amide bonds. The first-order valence-corrected chi connectivity index (χ1v) is 4.10. The van der Waals surface area contributed by atoms with E-state index in [9.17, 15) is 9.18 Å². The van der Waals surface area contributed by atoms with Gasteiger partial charge >= 0.3 is 0 Å². The maximum Gasteiger partial charge on any atom is 0.145 e. The van der Waals surface area contributed by atoms with E-state index in [2.05, 4.69) is 0 Å². The number of hydrogen-bond donors (Lipinski definition) is 0. The molecule has 0 aliphatic carbocycles. The molecule has 13 heavy (non-hydrogen) atoms. The van der Waals surface area contributed by atoms with Crippen LogP contribution < -0.4 is 0 Å². The fourth-order valence-electron chi connectivity index (χ4n) is 0.898. The summed E-state index contributed by atoms with van der Waals surface area (Å²) in [6, 6.07) is 4.05. The molecule has 1 aromatic carbocycles. The summed E-state index contributed by atoms with van der Waals surface area (Å²) in [5, 5.41) is 0.307. The van der Waals surface area contributed by atoms with Crippen LogP contribution in [-0.4, -0.2) is 6.29 Å². The van der Waals surface area contributed by atoms with Gasteiger partial charge in [-0.25, -0.2) is 4.39 Å². The summed E-state index contributed by atoms with van der Waals surface area (Å²) >= 11 is 5.73. The second kappa shape index (κ2) is 4.19. The number of allylic oxidation sites excluding steroid dienone is 1. The Hall–Kier alpha value is -1.15. The fraction of sp³-hybridized carbons (Fsp3) is 0.100. The SMILES string of the molecule is C/C(C=O)=C/c1ccc(F)cc1Cl. The largest absolute Gasteiger partial charge is 0.298 e. The Balaban J connectivity index is 3.09. The van der Waals surface area contributed by atoms with Gasteiger partial charge in [0, 0.05) is 0 Å². The van der Waals surface area contributed by atoms with Crippen molar-refractivity contribution in [1.29, 1.82) is 0 Å². The van der Waals surface area contributed by atoms with E-state index in [1.807, 2.05) is 0 Å². The lowest BCUT2D eigenvalue weighted by Gasteiger charge is -1.98. The van der Waals surface area contributed by atoms with Crippen molar-refractivity contribution in [3.8, 4) is 0 Å². The summed E-state index contributed by atoms with van der Waals surface area (Å²) < 4.78 is 12.6. The highest BCUT2D eigenvalue weighted by molar-refractivity contribution is 6.32. The van der Waals surface area contributed by atoms with Crippen molar-refractivity contribution in [2.24, 2.45) is 0 Å². The van der Waals surface area contributed by atoms with E-state index in [-0.39, 0.29) is 5.82 Å². The zero-order valence-electron chi connectivity index (χ0n) is 7.05. The molecule has 0 radical (unpaired) electrons. The van der Waals surface area contributed by atoms with Gasteiger partial charge in [0.2, 0.25) is 0 Å². The molecule has 0 fully saturated rings. The summed E-state index contributed by atoms with van der Waals surface area (Å²) in [6.45, 7) is 1.66. The summed E-state index contributed by atoms with van der Waals surface area (Å²) in [5.74, 6) is -0.383. The molecule has 1 nitrogen and oxygen atoms in total. The first-order chi connectivity index (χ1) is 6.13. The van der Waals surface area contributed by atoms with E-state index in [0.29, 0.717) is 16.2 Å². The van der Waals surface area contributed by atoms with Gasteiger partial charge in [0.1, 0.15) is 12.1 Å². The lowest BCUT2D eigenvalue weighted by Crippen LogP contribution is -1.81. The van der Waals surface area contributed by atoms with Crippen molar-refractivity contribution in [3.05, 3.63) is 40.2 Å². The minimum atomic E-state index is -0.383. The molecule has 0 saturated carbocycles. The van der Waals surface area contributed by atoms with Crippen LogP contribution in [0.2, 0.25) is 5.02 Å². The molecule has 0 atom stereocenters. The molecule has 0 heterocycles. The van der Waals surface area contributed by atoms with E-state index in [1.165, 1.54) is 18.2 Å². The van der Waals surface area contributed by atoms with Gasteiger partial charge in [-0.2, -0.15) is 0 Å². The number of rotatable bonds is 2. The normalized spacial score (nSPS) is 11.5. The topological polar surface area (TPSA) is 17.1 Å². The molecule has 0 unspecified atom stereocenters. The van der Waals surface area contributed by atoms with Crippen molar-refractivity contribution >= 4 is 24.0 Å². The van der Waals surface area contributed by atoms with E-state index in [0.717, 1.165) is 6.29 Å². The first-order valence-electron chi connectivity index (χ1n) is 3.72. The standard InChI is InChI=1S/C10H8ClFO/c1-7(6-13)4-8-2-3-9(12)5-10(8)11/h2-6H,1H3/b7-4-. The monoisotopic (exact) mass is 198 g/mol. The van der Waals surface area contributed by atoms with Crippen LogP contribution in [0.25, 0.3) is 6.08 Å². The number of benzene rings is 1. The molecule has 1 rings (SSSR count). The van der Waals surface area contributed by atoms with Crippen molar-refractivity contribution in [3.63, 3.8) is 0 Å². The van der Waals surface area contributed by atoms with Crippen LogP contribution in [-0.2, 0) is 4.79 Å². The van der Waals surface area contributed by atoms with Gasteiger partial charge in [-0.3, -0.25) is 4.79 Å². The molecule has 0 saturated heterocycles. The van der Waals surface area contributed by atoms with Gasteiger partial charge in [-0.1, -0.05) is 17.7 Å². The predicted octanol–water partition coefficient (Wildman–Crippen LogP) is 3.08. The highest BCUT2D eigenvalue weighted by Gasteiger charge is 1.99. The highest BCUT2D eigenvalue weighted by Crippen LogP contribution is 2.19. The average Bonchev–Trinajstić information content (AvgIpc) is 2.09. The molecule has 0 aliphatic heterocycles. The molecular formula is C10H8ClFO. The van der Waals surface area contributed by atoms with Gasteiger partial charge in [0.15, 0.2) is 0 Å². The first kappa shape index (κ1) is 9.93. The third-order valence-corrected chi connectivity index (χ3v) is 1.86. The second-order valence-electron chi connectivity index (χ2n) is 2.67. The number of aldehydes is 1. The van der Waals surface area contributed by atoms with Crippen LogP contribution in [0, 0.1) is 5.82 Å². The summed E-state index contributed by atoms with van der Waals surface area (Å²) in [4.78, 5) is 10.3. The van der Waals surface area contributed by atoms with Crippen LogP contribution in [0.15, 0.2) is 23.8 Å². The van der Waals surface area contributed by atoms with Crippen LogP contribution in [0.4, 0.5) is 4.39 Å². The molecule has 0 spiro atoms. The molecule has 0 aromatic heterocycles. The summed E-state index contributed by atoms with van der Waals surface area (Å²) in [5.41, 5.74) is 1.20. The molecule has 68 valence electrons. The lowest BCUT2D eigenvalue weighted by atomic mass is 10.1. The Morgan fingerprint density at radius 2 is 2.23 bits per heavy atom. The van der Waals surface area contributed by atoms with Crippen LogP contribution in [0.3, 0.4) is 0 Å². The number of carbonyl (C=O) groups excluding carboxylic acids is 1. The number of carbonyl (C=O) groups is 1. The Bertz CT molecular complexity index is 358. The zero-order valence-corrected chi connectivity index (χ0v) is 7.81. The summed E-state index contributed by atoms with van der Waals surface area (Å²) in [7, 11) is 0. The minimum Gasteiger partial charge on any atom is -0.298 e. The predicted molar refractivity (Wildman–Crippen MR) is 51.1 cm³/mol. The molecule has 3 heteroatoms. The van der Waals surface area contributed by atoms with E-state index in [4.69, 9.17) is 11.6 Å². The zero-order chi connectivity index (χ0) is 9.84. The summed E-state index contributed by atoms with van der Waals surface area (Å²) in [6.07, 6.45) is 2.33. The van der Waals surface area contributed by atoms with Crippen molar-refractivity contribution < 1.29 is 9.18 Å². The molecule has 0 aliphatic rings. The highest BCUT2D eigenvalue weighted by atomic mass is 35.5. The maximum absolute atomic E-state index is 12.6. The van der Waals surface area contributed by atoms with Crippen molar-refractivity contribution in [2.45, 2.75) is 6.92 Å². The Morgan fingerprint density at radius 1 is 1.54 bits per heavy atom. The number of halogens is 2. The fourth-order valence-corrected chi connectivity index (χ4v) is 1.12. The van der Waals surface area contributed by atoms with Crippen molar-refractivity contribution in [2.75, 3.05) is 0 Å². The smallest absolute Gasteiger partial charge is 0.145 e. The molecular weight excluding hydrogens is 191 g/mol. The lowest BCUT2D eigenvalue weighted by molar-refractivity contribution is -0.104. The van der Waals surface area contributed by atoms with Gasteiger partial charge in [0.25, 0.3) is 0 Å². The van der Waals surface area contributed by atoms with Gasteiger partial charge in [0.05, 0.1) is 5.02 Å². The Labute approximate surface area is 80.8 Å². The van der Waals surface area contributed by atoms with Gasteiger partial charge < -0.3 is 0 Å². The molecule has 0 N–H and O–H groups in total. The Kier molecular flexibility index (Phi) is 3.20. The van der Waals surface area contributed by atoms with Crippen LogP contribution in [0.1, 0.15) is 12.5 Å². The van der Waals surface area contributed by atoms with Crippen LogP contribution >= 0.6 is 11.6 Å². The van der Waals surface area contributed by atoms with E-state index < -0.39 is 0 Å². The van der Waals surface area contributed by atoms with Gasteiger partial charge in [-0.15, -0.1) is 0 Å². The van der Waals surface area contributed by atoms with Crippen LogP contribution in [0.5, 0.6) is 0 Å². The maximum atomic E-state index is 12.6. The average molecular weight is 199 g/mol. The molecule has 1 aromatic rings. The Morgan fingerprint density at radius 3 is 2.77 bits per heavy atom.